The molecule has 144 valence electrons. The summed E-state index contributed by atoms with van der Waals surface area (Å²) in [4.78, 5) is 28.7. The molecule has 2 heterocycles. The number of anilines is 1. The number of methoxy groups -OCH3 is 1. The zero-order valence-electron chi connectivity index (χ0n) is 15.0. The van der Waals surface area contributed by atoms with E-state index in [1.807, 2.05) is 13.0 Å². The Kier molecular flexibility index (Phi) is 6.42. The fourth-order valence-electron chi connectivity index (χ4n) is 3.13. The molecule has 0 aliphatic carbocycles. The third-order valence-corrected chi connectivity index (χ3v) is 5.97. The van der Waals surface area contributed by atoms with Crippen LogP contribution in [0.2, 0.25) is 10.0 Å². The van der Waals surface area contributed by atoms with Gasteiger partial charge in [0.25, 0.3) is 5.91 Å². The molecule has 0 radical (unpaired) electrons. The Labute approximate surface area is 171 Å². The first-order chi connectivity index (χ1) is 12.9. The number of hydrogen-bond donors (Lipinski definition) is 0. The summed E-state index contributed by atoms with van der Waals surface area (Å²) in [6.45, 7) is 3.00. The fourth-order valence-corrected chi connectivity index (χ4v) is 4.54. The molecule has 0 N–H and O–H groups in total. The van der Waals surface area contributed by atoms with Crippen LogP contribution in [0, 0.1) is 6.92 Å². The SMILES string of the molecule is COC(=O)c1sc(C)cc1N(C(=O)c1ccc(Cl)cc1Cl)C1CCOCC1. The van der Waals surface area contributed by atoms with E-state index in [2.05, 4.69) is 0 Å². The van der Waals surface area contributed by atoms with Crippen LogP contribution in [0.25, 0.3) is 0 Å². The second kappa shape index (κ2) is 8.61. The number of rotatable bonds is 4. The molecule has 1 saturated heterocycles. The number of hydrogen-bond acceptors (Lipinski definition) is 5. The van der Waals surface area contributed by atoms with Crippen molar-refractivity contribution in [2.24, 2.45) is 0 Å². The lowest BCUT2D eigenvalue weighted by molar-refractivity contribution is 0.0606. The second-order valence-corrected chi connectivity index (χ2v) is 8.31. The average Bonchev–Trinajstić information content (AvgIpc) is 3.03. The minimum absolute atomic E-state index is 0.101. The second-order valence-electron chi connectivity index (χ2n) is 6.21. The predicted molar refractivity (Wildman–Crippen MR) is 108 cm³/mol. The van der Waals surface area contributed by atoms with E-state index in [0.717, 1.165) is 4.88 Å². The minimum atomic E-state index is -0.463. The number of halogens is 2. The lowest BCUT2D eigenvalue weighted by atomic mass is 10.0. The Balaban J connectivity index is 2.09. The van der Waals surface area contributed by atoms with Crippen molar-refractivity contribution in [2.45, 2.75) is 25.8 Å². The number of ether oxygens (including phenoxy) is 2. The van der Waals surface area contributed by atoms with Gasteiger partial charge < -0.3 is 14.4 Å². The maximum atomic E-state index is 13.5. The Morgan fingerprint density at radius 3 is 2.56 bits per heavy atom. The smallest absolute Gasteiger partial charge is 0.350 e. The van der Waals surface area contributed by atoms with Crippen LogP contribution < -0.4 is 4.90 Å². The van der Waals surface area contributed by atoms with Crippen LogP contribution in [0.15, 0.2) is 24.3 Å². The van der Waals surface area contributed by atoms with Gasteiger partial charge in [-0.15, -0.1) is 11.3 Å². The molecule has 1 aromatic heterocycles. The topological polar surface area (TPSA) is 55.8 Å². The van der Waals surface area contributed by atoms with Gasteiger partial charge in [0.05, 0.1) is 23.4 Å². The number of nitrogens with zero attached hydrogens (tertiary/aromatic N) is 1. The molecule has 27 heavy (non-hydrogen) atoms. The summed E-state index contributed by atoms with van der Waals surface area (Å²) in [5.74, 6) is -0.735. The molecule has 0 unspecified atom stereocenters. The summed E-state index contributed by atoms with van der Waals surface area (Å²) in [6.07, 6.45) is 1.35. The van der Waals surface area contributed by atoms with Crippen LogP contribution in [0.5, 0.6) is 0 Å². The van der Waals surface area contributed by atoms with Gasteiger partial charge >= 0.3 is 5.97 Å². The van der Waals surface area contributed by atoms with E-state index >= 15 is 0 Å². The van der Waals surface area contributed by atoms with Gasteiger partial charge in [-0.1, -0.05) is 23.2 Å². The van der Waals surface area contributed by atoms with Gasteiger partial charge in [-0.2, -0.15) is 0 Å². The molecule has 0 saturated carbocycles. The predicted octanol–water partition coefficient (Wildman–Crippen LogP) is 4.98. The first-order valence-corrected chi connectivity index (χ1v) is 10.0. The lowest BCUT2D eigenvalue weighted by Crippen LogP contribution is -2.44. The highest BCUT2D eigenvalue weighted by molar-refractivity contribution is 7.14. The van der Waals surface area contributed by atoms with E-state index in [1.54, 1.807) is 23.1 Å². The normalized spacial score (nSPS) is 14.8. The van der Waals surface area contributed by atoms with Crippen LogP contribution in [0.1, 0.15) is 37.7 Å². The largest absolute Gasteiger partial charge is 0.465 e. The molecule has 1 aliphatic rings. The number of thiophene rings is 1. The standard InChI is InChI=1S/C19H19Cl2NO4S/c1-11-9-16(17(27-11)19(24)25-2)22(13-5-7-26-8-6-13)18(23)14-4-3-12(20)10-15(14)21/h3-4,9-10,13H,5-8H2,1-2H3. The zero-order chi connectivity index (χ0) is 19.6. The van der Waals surface area contributed by atoms with Gasteiger partial charge in [0.15, 0.2) is 0 Å². The third kappa shape index (κ3) is 4.29. The molecule has 2 aromatic rings. The maximum Gasteiger partial charge on any atom is 0.350 e. The summed E-state index contributed by atoms with van der Waals surface area (Å²) in [7, 11) is 1.33. The summed E-state index contributed by atoms with van der Waals surface area (Å²) in [5, 5.41) is 0.729. The van der Waals surface area contributed by atoms with Gasteiger partial charge in [0.2, 0.25) is 0 Å². The third-order valence-electron chi connectivity index (χ3n) is 4.40. The van der Waals surface area contributed by atoms with Crippen LogP contribution in [0.4, 0.5) is 5.69 Å². The maximum absolute atomic E-state index is 13.5. The van der Waals surface area contributed by atoms with Crippen molar-refractivity contribution in [3.63, 3.8) is 0 Å². The molecule has 5 nitrogen and oxygen atoms in total. The highest BCUT2D eigenvalue weighted by Crippen LogP contribution is 2.36. The summed E-state index contributed by atoms with van der Waals surface area (Å²) in [5.41, 5.74) is 0.888. The number of amides is 1. The number of esters is 1. The molecular formula is C19H19Cl2NO4S. The number of carbonyl (C=O) groups excluding carboxylic acids is 2. The summed E-state index contributed by atoms with van der Waals surface area (Å²) >= 11 is 13.6. The highest BCUT2D eigenvalue weighted by atomic mass is 35.5. The quantitative estimate of drug-likeness (QED) is 0.645. The van der Waals surface area contributed by atoms with E-state index in [4.69, 9.17) is 32.7 Å². The highest BCUT2D eigenvalue weighted by Gasteiger charge is 2.33. The monoisotopic (exact) mass is 427 g/mol. The molecule has 0 atom stereocenters. The summed E-state index contributed by atoms with van der Waals surface area (Å²) < 4.78 is 10.4. The van der Waals surface area contributed by atoms with E-state index in [-0.39, 0.29) is 17.0 Å². The fraction of sp³-hybridized carbons (Fsp3) is 0.368. The Morgan fingerprint density at radius 1 is 1.22 bits per heavy atom. The van der Waals surface area contributed by atoms with Crippen molar-refractivity contribution in [3.8, 4) is 0 Å². The molecule has 3 rings (SSSR count). The first kappa shape index (κ1) is 20.1. The van der Waals surface area contributed by atoms with Crippen LogP contribution in [-0.2, 0) is 9.47 Å². The van der Waals surface area contributed by atoms with Crippen molar-refractivity contribution < 1.29 is 19.1 Å². The first-order valence-electron chi connectivity index (χ1n) is 8.47. The molecule has 0 spiro atoms. The van der Waals surface area contributed by atoms with E-state index in [9.17, 15) is 9.59 Å². The molecule has 1 aliphatic heterocycles. The molecule has 1 amide bonds. The molecular weight excluding hydrogens is 409 g/mol. The Morgan fingerprint density at radius 2 is 1.93 bits per heavy atom. The Hall–Kier alpha value is -1.60. The van der Waals surface area contributed by atoms with Crippen molar-refractivity contribution in [2.75, 3.05) is 25.2 Å². The van der Waals surface area contributed by atoms with Gasteiger partial charge in [-0.3, -0.25) is 4.79 Å². The van der Waals surface area contributed by atoms with Gasteiger partial charge in [0, 0.05) is 29.2 Å². The number of benzene rings is 1. The zero-order valence-corrected chi connectivity index (χ0v) is 17.3. The van der Waals surface area contributed by atoms with E-state index in [0.29, 0.717) is 47.2 Å². The van der Waals surface area contributed by atoms with Crippen molar-refractivity contribution >= 4 is 52.1 Å². The number of aryl methyl sites for hydroxylation is 1. The number of carbonyl (C=O) groups is 2. The molecule has 0 bridgehead atoms. The van der Waals surface area contributed by atoms with Gasteiger partial charge in [-0.25, -0.2) is 4.79 Å². The van der Waals surface area contributed by atoms with Crippen molar-refractivity contribution in [1.29, 1.82) is 0 Å². The van der Waals surface area contributed by atoms with Crippen LogP contribution in [-0.4, -0.2) is 38.2 Å². The molecule has 1 fully saturated rings. The van der Waals surface area contributed by atoms with E-state index in [1.165, 1.54) is 18.4 Å². The van der Waals surface area contributed by atoms with Crippen molar-refractivity contribution in [3.05, 3.63) is 49.6 Å². The van der Waals surface area contributed by atoms with Gasteiger partial charge in [0.1, 0.15) is 4.88 Å². The van der Waals surface area contributed by atoms with Gasteiger partial charge in [-0.05, 0) is 44.0 Å². The Bertz CT molecular complexity index is 861. The van der Waals surface area contributed by atoms with Crippen molar-refractivity contribution in [1.82, 2.24) is 0 Å². The minimum Gasteiger partial charge on any atom is -0.465 e. The molecule has 1 aromatic carbocycles. The lowest BCUT2D eigenvalue weighted by Gasteiger charge is -2.34. The average molecular weight is 428 g/mol. The van der Waals surface area contributed by atoms with Crippen LogP contribution in [0.3, 0.4) is 0 Å². The van der Waals surface area contributed by atoms with Crippen LogP contribution >= 0.6 is 34.5 Å². The molecule has 8 heteroatoms. The van der Waals surface area contributed by atoms with E-state index < -0.39 is 5.97 Å². The summed E-state index contributed by atoms with van der Waals surface area (Å²) in [6, 6.07) is 6.52.